The Balaban J connectivity index is 2.82. The summed E-state index contributed by atoms with van der Waals surface area (Å²) in [5.74, 6) is 1.32. The summed E-state index contributed by atoms with van der Waals surface area (Å²) in [6, 6.07) is 3.68. The molecule has 0 aliphatic carbocycles. The van der Waals surface area contributed by atoms with Crippen molar-refractivity contribution < 1.29 is 0 Å². The third kappa shape index (κ3) is 3.70. The fraction of sp³-hybridized carbons (Fsp3) is 0.615. The van der Waals surface area contributed by atoms with E-state index in [1.165, 1.54) is 0 Å². The smallest absolute Gasteiger partial charge is 0.226 e. The third-order valence-corrected chi connectivity index (χ3v) is 3.06. The fourth-order valence-corrected chi connectivity index (χ4v) is 1.77. The van der Waals surface area contributed by atoms with Gasteiger partial charge in [0.1, 0.15) is 11.8 Å². The molecule has 4 heteroatoms. The summed E-state index contributed by atoms with van der Waals surface area (Å²) < 4.78 is 0. The second-order valence-electron chi connectivity index (χ2n) is 4.07. The van der Waals surface area contributed by atoms with E-state index in [-0.39, 0.29) is 0 Å². The summed E-state index contributed by atoms with van der Waals surface area (Å²) in [4.78, 5) is 10.6. The topological polar surface area (TPSA) is 52.8 Å². The Labute approximate surface area is 103 Å². The molecular weight excluding hydrogens is 212 g/mol. The Morgan fingerprint density at radius 3 is 2.59 bits per heavy atom. The molecule has 0 bridgehead atoms. The SMILES string of the molecule is CCC(CC)CN(CC)c1nccc(C#N)n1. The molecule has 1 aromatic heterocycles. The first-order valence-electron chi connectivity index (χ1n) is 6.23. The van der Waals surface area contributed by atoms with Crippen molar-refractivity contribution in [3.05, 3.63) is 18.0 Å². The molecule has 4 nitrogen and oxygen atoms in total. The van der Waals surface area contributed by atoms with E-state index >= 15 is 0 Å². The molecule has 0 aliphatic heterocycles. The number of rotatable bonds is 6. The molecule has 0 spiro atoms. The molecular formula is C13H20N4. The van der Waals surface area contributed by atoms with Gasteiger partial charge in [-0.15, -0.1) is 0 Å². The molecule has 0 fully saturated rings. The van der Waals surface area contributed by atoms with Crippen LogP contribution in [0.4, 0.5) is 5.95 Å². The largest absolute Gasteiger partial charge is 0.341 e. The van der Waals surface area contributed by atoms with Gasteiger partial charge in [-0.05, 0) is 18.9 Å². The molecule has 0 N–H and O–H groups in total. The van der Waals surface area contributed by atoms with Crippen molar-refractivity contribution in [3.63, 3.8) is 0 Å². The van der Waals surface area contributed by atoms with E-state index in [2.05, 4.69) is 35.6 Å². The summed E-state index contributed by atoms with van der Waals surface area (Å²) in [5.41, 5.74) is 0.429. The molecule has 0 saturated carbocycles. The average Bonchev–Trinajstić information content (AvgIpc) is 2.40. The zero-order chi connectivity index (χ0) is 12.7. The van der Waals surface area contributed by atoms with Gasteiger partial charge in [0.15, 0.2) is 0 Å². The zero-order valence-corrected chi connectivity index (χ0v) is 10.8. The Morgan fingerprint density at radius 1 is 1.35 bits per heavy atom. The molecule has 0 aromatic carbocycles. The minimum absolute atomic E-state index is 0.429. The van der Waals surface area contributed by atoms with Crippen LogP contribution in [0.2, 0.25) is 0 Å². The summed E-state index contributed by atoms with van der Waals surface area (Å²) in [6.45, 7) is 8.32. The maximum Gasteiger partial charge on any atom is 0.226 e. The van der Waals surface area contributed by atoms with Gasteiger partial charge in [0.05, 0.1) is 0 Å². The number of hydrogen-bond acceptors (Lipinski definition) is 4. The number of hydrogen-bond donors (Lipinski definition) is 0. The maximum absolute atomic E-state index is 8.83. The van der Waals surface area contributed by atoms with Crippen LogP contribution in [-0.4, -0.2) is 23.1 Å². The molecule has 0 atom stereocenters. The molecule has 0 saturated heterocycles. The van der Waals surface area contributed by atoms with Crippen molar-refractivity contribution in [1.29, 1.82) is 5.26 Å². The lowest BCUT2D eigenvalue weighted by Gasteiger charge is -2.25. The van der Waals surface area contributed by atoms with Gasteiger partial charge in [-0.3, -0.25) is 0 Å². The first kappa shape index (κ1) is 13.4. The predicted octanol–water partition coefficient (Wildman–Crippen LogP) is 2.61. The molecule has 0 radical (unpaired) electrons. The van der Waals surface area contributed by atoms with Crippen LogP contribution in [-0.2, 0) is 0 Å². The highest BCUT2D eigenvalue weighted by atomic mass is 15.2. The number of nitrogens with zero attached hydrogens (tertiary/aromatic N) is 4. The van der Waals surface area contributed by atoms with Crippen LogP contribution < -0.4 is 4.90 Å². The van der Waals surface area contributed by atoms with Gasteiger partial charge in [-0.25, -0.2) is 9.97 Å². The Kier molecular flexibility index (Phi) is 5.41. The number of aromatic nitrogens is 2. The van der Waals surface area contributed by atoms with Gasteiger partial charge in [0.25, 0.3) is 0 Å². The Hall–Kier alpha value is -1.63. The second-order valence-corrected chi connectivity index (χ2v) is 4.07. The lowest BCUT2D eigenvalue weighted by atomic mass is 10.0. The standard InChI is InChI=1S/C13H20N4/c1-4-11(5-2)10-17(6-3)13-15-8-7-12(9-14)16-13/h7-8,11H,4-6,10H2,1-3H3. The van der Waals surface area contributed by atoms with E-state index in [4.69, 9.17) is 5.26 Å². The Morgan fingerprint density at radius 2 is 2.06 bits per heavy atom. The van der Waals surface area contributed by atoms with Crippen molar-refractivity contribution in [2.24, 2.45) is 5.92 Å². The lowest BCUT2D eigenvalue weighted by molar-refractivity contribution is 0.482. The van der Waals surface area contributed by atoms with Gasteiger partial charge in [0, 0.05) is 19.3 Å². The van der Waals surface area contributed by atoms with E-state index in [1.807, 2.05) is 6.07 Å². The van der Waals surface area contributed by atoms with E-state index in [9.17, 15) is 0 Å². The van der Waals surface area contributed by atoms with Crippen LogP contribution in [0.1, 0.15) is 39.3 Å². The molecule has 0 unspecified atom stereocenters. The van der Waals surface area contributed by atoms with Crippen LogP contribution in [0.3, 0.4) is 0 Å². The zero-order valence-electron chi connectivity index (χ0n) is 10.8. The van der Waals surface area contributed by atoms with Crippen molar-refractivity contribution in [2.45, 2.75) is 33.6 Å². The van der Waals surface area contributed by atoms with Gasteiger partial charge in [0.2, 0.25) is 5.95 Å². The fourth-order valence-electron chi connectivity index (χ4n) is 1.77. The van der Waals surface area contributed by atoms with Crippen molar-refractivity contribution >= 4 is 5.95 Å². The quantitative estimate of drug-likeness (QED) is 0.756. The Bertz CT molecular complexity index is 379. The molecule has 0 amide bonds. The van der Waals surface area contributed by atoms with Crippen molar-refractivity contribution in [3.8, 4) is 6.07 Å². The minimum atomic E-state index is 0.429. The monoisotopic (exact) mass is 232 g/mol. The molecule has 1 aromatic rings. The highest BCUT2D eigenvalue weighted by Crippen LogP contribution is 2.14. The summed E-state index contributed by atoms with van der Waals surface area (Å²) in [5, 5.41) is 8.83. The predicted molar refractivity (Wildman–Crippen MR) is 68.7 cm³/mol. The summed E-state index contributed by atoms with van der Waals surface area (Å²) >= 11 is 0. The second kappa shape index (κ2) is 6.85. The number of nitriles is 1. The molecule has 17 heavy (non-hydrogen) atoms. The minimum Gasteiger partial charge on any atom is -0.341 e. The first-order chi connectivity index (χ1) is 8.24. The van der Waals surface area contributed by atoms with Gasteiger partial charge < -0.3 is 4.90 Å². The normalized spacial score (nSPS) is 10.3. The molecule has 0 aliphatic rings. The first-order valence-corrected chi connectivity index (χ1v) is 6.23. The van der Waals surface area contributed by atoms with Gasteiger partial charge in [-0.1, -0.05) is 26.7 Å². The van der Waals surface area contributed by atoms with Crippen LogP contribution in [0, 0.1) is 17.2 Å². The average molecular weight is 232 g/mol. The third-order valence-electron chi connectivity index (χ3n) is 3.06. The van der Waals surface area contributed by atoms with Gasteiger partial charge in [-0.2, -0.15) is 5.26 Å². The highest BCUT2D eigenvalue weighted by molar-refractivity contribution is 5.33. The maximum atomic E-state index is 8.83. The van der Waals surface area contributed by atoms with E-state index in [1.54, 1.807) is 12.3 Å². The van der Waals surface area contributed by atoms with Crippen molar-refractivity contribution in [2.75, 3.05) is 18.0 Å². The lowest BCUT2D eigenvalue weighted by Crippen LogP contribution is -2.30. The number of anilines is 1. The van der Waals surface area contributed by atoms with Crippen LogP contribution in [0.25, 0.3) is 0 Å². The van der Waals surface area contributed by atoms with E-state index in [0.29, 0.717) is 17.6 Å². The molecule has 1 rings (SSSR count). The highest BCUT2D eigenvalue weighted by Gasteiger charge is 2.13. The van der Waals surface area contributed by atoms with E-state index in [0.717, 1.165) is 25.9 Å². The van der Waals surface area contributed by atoms with Crippen molar-refractivity contribution in [1.82, 2.24) is 9.97 Å². The van der Waals surface area contributed by atoms with E-state index < -0.39 is 0 Å². The van der Waals surface area contributed by atoms with Crippen LogP contribution in [0.15, 0.2) is 12.3 Å². The van der Waals surface area contributed by atoms with Gasteiger partial charge >= 0.3 is 0 Å². The molecule has 1 heterocycles. The summed E-state index contributed by atoms with van der Waals surface area (Å²) in [7, 11) is 0. The van der Waals surface area contributed by atoms with Crippen LogP contribution in [0.5, 0.6) is 0 Å². The molecule has 92 valence electrons. The van der Waals surface area contributed by atoms with Crippen LogP contribution >= 0.6 is 0 Å². The summed E-state index contributed by atoms with van der Waals surface area (Å²) in [6.07, 6.45) is 3.96.